The van der Waals surface area contributed by atoms with E-state index >= 15 is 0 Å². The average molecular weight is 300 g/mol. The Morgan fingerprint density at radius 1 is 1.14 bits per heavy atom. The van der Waals surface area contributed by atoms with Crippen molar-refractivity contribution >= 4 is 16.6 Å². The molecule has 2 rings (SSSR count). The van der Waals surface area contributed by atoms with Gasteiger partial charge in [-0.05, 0) is 82.7 Å². The van der Waals surface area contributed by atoms with Gasteiger partial charge < -0.3 is 16.0 Å². The normalized spacial score (nSPS) is 11.3. The molecule has 0 aliphatic rings. The van der Waals surface area contributed by atoms with Crippen LogP contribution in [-0.4, -0.2) is 43.1 Å². The fourth-order valence-electron chi connectivity index (χ4n) is 2.60. The molecule has 0 fully saturated rings. The third-order valence-electron chi connectivity index (χ3n) is 4.13. The molecule has 120 valence electrons. The lowest BCUT2D eigenvalue weighted by Gasteiger charge is -2.16. The number of fused-ring (bicyclic) bond motifs is 1. The first kappa shape index (κ1) is 16.7. The Hall–Kier alpha value is -1.65. The Kier molecular flexibility index (Phi) is 6.16. The fourth-order valence-corrected chi connectivity index (χ4v) is 2.60. The summed E-state index contributed by atoms with van der Waals surface area (Å²) >= 11 is 0. The van der Waals surface area contributed by atoms with Crippen molar-refractivity contribution in [3.8, 4) is 0 Å². The van der Waals surface area contributed by atoms with Crippen LogP contribution in [-0.2, 0) is 0 Å². The summed E-state index contributed by atoms with van der Waals surface area (Å²) < 4.78 is 0. The number of nitrogens with one attached hydrogen (secondary N) is 1. The van der Waals surface area contributed by atoms with Crippen LogP contribution >= 0.6 is 0 Å². The lowest BCUT2D eigenvalue weighted by molar-refractivity contribution is 0.330. The highest BCUT2D eigenvalue weighted by molar-refractivity contribution is 5.92. The van der Waals surface area contributed by atoms with Gasteiger partial charge in [0.2, 0.25) is 0 Å². The lowest BCUT2D eigenvalue weighted by atomic mass is 10.1. The van der Waals surface area contributed by atoms with Crippen molar-refractivity contribution in [3.63, 3.8) is 0 Å². The highest BCUT2D eigenvalue weighted by Gasteiger charge is 2.04. The Bertz CT molecular complexity index is 609. The molecule has 0 aliphatic heterocycles. The number of nitrogens with two attached hydrogens (primary N) is 1. The van der Waals surface area contributed by atoms with Crippen LogP contribution < -0.4 is 11.1 Å². The van der Waals surface area contributed by atoms with Gasteiger partial charge >= 0.3 is 0 Å². The minimum absolute atomic E-state index is 0.768. The number of benzene rings is 1. The first-order valence-electron chi connectivity index (χ1n) is 8.10. The van der Waals surface area contributed by atoms with Gasteiger partial charge in [0.1, 0.15) is 0 Å². The maximum atomic E-state index is 5.54. The minimum Gasteiger partial charge on any atom is -0.384 e. The fraction of sp³-hybridized carbons (Fsp3) is 0.500. The summed E-state index contributed by atoms with van der Waals surface area (Å²) in [6, 6.07) is 6.46. The SMILES string of the molecule is Cc1cc2nccc(NCCCN(C)CCCN)c2cc1C. The predicted octanol–water partition coefficient (Wildman–Crippen LogP) is 2.93. The molecule has 4 nitrogen and oxygen atoms in total. The Morgan fingerprint density at radius 2 is 1.86 bits per heavy atom. The number of nitrogens with zero attached hydrogens (tertiary/aromatic N) is 2. The summed E-state index contributed by atoms with van der Waals surface area (Å²) in [4.78, 5) is 6.81. The van der Waals surface area contributed by atoms with E-state index in [2.05, 4.69) is 54.3 Å². The van der Waals surface area contributed by atoms with Crippen LogP contribution in [0.3, 0.4) is 0 Å². The summed E-state index contributed by atoms with van der Waals surface area (Å²) in [5.74, 6) is 0. The molecule has 0 aliphatic carbocycles. The van der Waals surface area contributed by atoms with Crippen molar-refractivity contribution in [1.29, 1.82) is 0 Å². The number of aromatic nitrogens is 1. The highest BCUT2D eigenvalue weighted by atomic mass is 15.1. The van der Waals surface area contributed by atoms with Crippen molar-refractivity contribution < 1.29 is 0 Å². The highest BCUT2D eigenvalue weighted by Crippen LogP contribution is 2.24. The minimum atomic E-state index is 0.768. The van der Waals surface area contributed by atoms with E-state index in [0.717, 1.165) is 44.5 Å². The molecule has 3 N–H and O–H groups in total. The summed E-state index contributed by atoms with van der Waals surface area (Å²) in [6.45, 7) is 8.19. The van der Waals surface area contributed by atoms with Crippen LogP contribution in [0.15, 0.2) is 24.4 Å². The Labute approximate surface area is 133 Å². The number of aryl methyl sites for hydroxylation is 2. The van der Waals surface area contributed by atoms with E-state index in [0.29, 0.717) is 0 Å². The van der Waals surface area contributed by atoms with Gasteiger partial charge in [-0.3, -0.25) is 4.98 Å². The quantitative estimate of drug-likeness (QED) is 0.736. The van der Waals surface area contributed by atoms with Crippen molar-refractivity contribution in [2.75, 3.05) is 38.5 Å². The molecule has 0 amide bonds. The molecule has 1 aromatic heterocycles. The van der Waals surface area contributed by atoms with Gasteiger partial charge in [-0.2, -0.15) is 0 Å². The zero-order valence-corrected chi connectivity index (χ0v) is 14.0. The first-order chi connectivity index (χ1) is 10.6. The van der Waals surface area contributed by atoms with Crippen LogP contribution in [0.5, 0.6) is 0 Å². The molecule has 1 heterocycles. The molecular weight excluding hydrogens is 272 g/mol. The standard InChI is InChI=1S/C18H28N4/c1-14-12-16-17(6-9-21-18(16)13-15(14)2)20-8-5-11-22(3)10-4-7-19/h6,9,12-13H,4-5,7-8,10-11,19H2,1-3H3,(H,20,21). The number of rotatable bonds is 8. The van der Waals surface area contributed by atoms with Crippen molar-refractivity contribution in [2.24, 2.45) is 5.73 Å². The zero-order valence-electron chi connectivity index (χ0n) is 14.0. The number of hydrogen-bond donors (Lipinski definition) is 2. The van der Waals surface area contributed by atoms with Gasteiger partial charge in [0.05, 0.1) is 5.52 Å². The molecule has 0 atom stereocenters. The first-order valence-corrected chi connectivity index (χ1v) is 8.10. The Balaban J connectivity index is 1.93. The summed E-state index contributed by atoms with van der Waals surface area (Å²) in [6.07, 6.45) is 4.07. The van der Waals surface area contributed by atoms with Gasteiger partial charge in [-0.15, -0.1) is 0 Å². The average Bonchev–Trinajstić information content (AvgIpc) is 2.51. The number of hydrogen-bond acceptors (Lipinski definition) is 4. The van der Waals surface area contributed by atoms with Gasteiger partial charge in [0, 0.05) is 23.8 Å². The van der Waals surface area contributed by atoms with Gasteiger partial charge in [0.15, 0.2) is 0 Å². The van der Waals surface area contributed by atoms with Crippen molar-refractivity contribution in [3.05, 3.63) is 35.5 Å². The van der Waals surface area contributed by atoms with E-state index in [4.69, 9.17) is 5.73 Å². The molecular formula is C18H28N4. The predicted molar refractivity (Wildman–Crippen MR) is 95.5 cm³/mol. The van der Waals surface area contributed by atoms with Crippen LogP contribution in [0.25, 0.3) is 10.9 Å². The molecule has 22 heavy (non-hydrogen) atoms. The number of pyridine rings is 1. The van der Waals surface area contributed by atoms with E-state index in [1.165, 1.54) is 22.2 Å². The van der Waals surface area contributed by atoms with E-state index in [1.807, 2.05) is 6.20 Å². The third kappa shape index (κ3) is 4.42. The molecule has 1 aromatic carbocycles. The smallest absolute Gasteiger partial charge is 0.0725 e. The molecule has 0 unspecified atom stereocenters. The zero-order chi connectivity index (χ0) is 15.9. The van der Waals surface area contributed by atoms with Crippen LogP contribution in [0.2, 0.25) is 0 Å². The van der Waals surface area contributed by atoms with Crippen LogP contribution in [0.1, 0.15) is 24.0 Å². The molecule has 0 bridgehead atoms. The lowest BCUT2D eigenvalue weighted by Crippen LogP contribution is -2.24. The second kappa shape index (κ2) is 8.11. The molecule has 0 saturated carbocycles. The Morgan fingerprint density at radius 3 is 2.64 bits per heavy atom. The van der Waals surface area contributed by atoms with Crippen molar-refractivity contribution in [1.82, 2.24) is 9.88 Å². The summed E-state index contributed by atoms with van der Waals surface area (Å²) in [5, 5.41) is 4.76. The maximum absolute atomic E-state index is 5.54. The second-order valence-corrected chi connectivity index (χ2v) is 6.04. The molecule has 0 radical (unpaired) electrons. The van der Waals surface area contributed by atoms with Crippen LogP contribution in [0.4, 0.5) is 5.69 Å². The van der Waals surface area contributed by atoms with E-state index < -0.39 is 0 Å². The second-order valence-electron chi connectivity index (χ2n) is 6.04. The largest absolute Gasteiger partial charge is 0.384 e. The topological polar surface area (TPSA) is 54.2 Å². The van der Waals surface area contributed by atoms with Gasteiger partial charge in [-0.25, -0.2) is 0 Å². The van der Waals surface area contributed by atoms with Crippen LogP contribution in [0, 0.1) is 13.8 Å². The summed E-state index contributed by atoms with van der Waals surface area (Å²) in [5.41, 5.74) is 10.4. The summed E-state index contributed by atoms with van der Waals surface area (Å²) in [7, 11) is 2.16. The van der Waals surface area contributed by atoms with Crippen molar-refractivity contribution in [2.45, 2.75) is 26.7 Å². The monoisotopic (exact) mass is 300 g/mol. The molecule has 0 spiro atoms. The molecule has 4 heteroatoms. The molecule has 2 aromatic rings. The third-order valence-corrected chi connectivity index (χ3v) is 4.13. The van der Waals surface area contributed by atoms with E-state index in [1.54, 1.807) is 0 Å². The molecule has 0 saturated heterocycles. The van der Waals surface area contributed by atoms with E-state index in [9.17, 15) is 0 Å². The van der Waals surface area contributed by atoms with Gasteiger partial charge in [0.25, 0.3) is 0 Å². The van der Waals surface area contributed by atoms with Gasteiger partial charge in [-0.1, -0.05) is 0 Å². The van der Waals surface area contributed by atoms with E-state index in [-0.39, 0.29) is 0 Å². The number of anilines is 1. The maximum Gasteiger partial charge on any atom is 0.0725 e.